The average molecular weight is 400 g/mol. The predicted octanol–water partition coefficient (Wildman–Crippen LogP) is 4.58. The molecule has 0 aliphatic rings. The van der Waals surface area contributed by atoms with Gasteiger partial charge in [0.2, 0.25) is 5.91 Å². The zero-order chi connectivity index (χ0) is 21.2. The largest absolute Gasteiger partial charge is 0.444 e. The zero-order valence-corrected chi connectivity index (χ0v) is 14.8. The summed E-state index contributed by atoms with van der Waals surface area (Å²) in [6.07, 6.45) is -11.0. The second-order valence-corrected chi connectivity index (χ2v) is 6.65. The van der Waals surface area contributed by atoms with Gasteiger partial charge in [-0.3, -0.25) is 4.79 Å². The first-order chi connectivity index (χ1) is 12.0. The molecule has 1 rings (SSSR count). The van der Waals surface area contributed by atoms with Crippen molar-refractivity contribution < 1.29 is 40.7 Å². The Balaban J connectivity index is 3.00. The van der Waals surface area contributed by atoms with Crippen molar-refractivity contribution in [2.24, 2.45) is 0 Å². The van der Waals surface area contributed by atoms with Crippen LogP contribution in [0.4, 0.5) is 36.8 Å². The number of anilines is 1. The lowest BCUT2D eigenvalue weighted by atomic mass is 10.1. The van der Waals surface area contributed by atoms with Crippen LogP contribution in [0.3, 0.4) is 0 Å². The van der Waals surface area contributed by atoms with Gasteiger partial charge in [-0.25, -0.2) is 4.79 Å². The van der Waals surface area contributed by atoms with Crippen molar-refractivity contribution in [3.63, 3.8) is 0 Å². The molecule has 0 saturated carbocycles. The van der Waals surface area contributed by atoms with E-state index < -0.39 is 52.8 Å². The molecule has 0 saturated heterocycles. The Morgan fingerprint density at radius 1 is 0.926 bits per heavy atom. The summed E-state index contributed by atoms with van der Waals surface area (Å²) in [6.45, 7) is 5.90. The molecule has 0 spiro atoms. The van der Waals surface area contributed by atoms with Gasteiger partial charge in [0, 0.05) is 5.69 Å². The molecule has 0 heterocycles. The number of halogens is 6. The Hall–Kier alpha value is -2.46. The molecule has 2 amide bonds. The number of alkyl halides is 6. The Morgan fingerprint density at radius 3 is 1.74 bits per heavy atom. The number of hydrogen-bond donors (Lipinski definition) is 2. The third-order valence-electron chi connectivity index (χ3n) is 2.98. The summed E-state index contributed by atoms with van der Waals surface area (Å²) < 4.78 is 81.8. The molecule has 0 aliphatic heterocycles. The Kier molecular flexibility index (Phi) is 6.40. The summed E-state index contributed by atoms with van der Waals surface area (Å²) in [4.78, 5) is 23.6. The summed E-state index contributed by atoms with van der Waals surface area (Å²) in [6, 6.07) is -0.595. The first-order valence-electron chi connectivity index (χ1n) is 7.59. The molecule has 0 unspecified atom stereocenters. The van der Waals surface area contributed by atoms with Crippen LogP contribution in [0.25, 0.3) is 0 Å². The van der Waals surface area contributed by atoms with Crippen LogP contribution in [0.2, 0.25) is 0 Å². The fourth-order valence-electron chi connectivity index (χ4n) is 1.83. The highest BCUT2D eigenvalue weighted by atomic mass is 19.4. The lowest BCUT2D eigenvalue weighted by Gasteiger charge is -2.22. The highest BCUT2D eigenvalue weighted by Gasteiger charge is 2.37. The molecular weight excluding hydrogens is 382 g/mol. The first kappa shape index (κ1) is 22.6. The number of nitrogens with one attached hydrogen (secondary N) is 2. The zero-order valence-electron chi connectivity index (χ0n) is 14.8. The van der Waals surface area contributed by atoms with Gasteiger partial charge in [0.25, 0.3) is 0 Å². The van der Waals surface area contributed by atoms with Crippen LogP contribution >= 0.6 is 0 Å². The van der Waals surface area contributed by atoms with Crippen LogP contribution in [0.1, 0.15) is 38.8 Å². The number of carbonyl (C=O) groups is 2. The van der Waals surface area contributed by atoms with Crippen molar-refractivity contribution in [3.05, 3.63) is 29.3 Å². The number of amides is 2. The van der Waals surface area contributed by atoms with E-state index in [1.165, 1.54) is 6.92 Å². The Labute approximate surface area is 151 Å². The summed E-state index contributed by atoms with van der Waals surface area (Å²) in [5, 5.41) is 4.05. The van der Waals surface area contributed by atoms with Crippen molar-refractivity contribution >= 4 is 17.7 Å². The average Bonchev–Trinajstić information content (AvgIpc) is 2.42. The minimum absolute atomic E-state index is 0.0575. The highest BCUT2D eigenvalue weighted by molar-refractivity contribution is 5.96. The monoisotopic (exact) mass is 400 g/mol. The second kappa shape index (κ2) is 7.65. The minimum atomic E-state index is -5.04. The third kappa shape index (κ3) is 7.35. The number of hydrogen-bond acceptors (Lipinski definition) is 3. The smallest absolute Gasteiger partial charge is 0.416 e. The van der Waals surface area contributed by atoms with Crippen LogP contribution < -0.4 is 10.6 Å². The Bertz CT molecular complexity index is 675. The van der Waals surface area contributed by atoms with E-state index in [9.17, 15) is 35.9 Å². The fraction of sp³-hybridized carbons (Fsp3) is 0.500. The van der Waals surface area contributed by atoms with Gasteiger partial charge < -0.3 is 15.4 Å². The lowest BCUT2D eigenvalue weighted by molar-refractivity contribution is -0.143. The van der Waals surface area contributed by atoms with Gasteiger partial charge in [-0.15, -0.1) is 0 Å². The van der Waals surface area contributed by atoms with E-state index >= 15 is 0 Å². The van der Waals surface area contributed by atoms with Gasteiger partial charge in [0.05, 0.1) is 11.1 Å². The van der Waals surface area contributed by atoms with E-state index in [4.69, 9.17) is 4.74 Å². The van der Waals surface area contributed by atoms with Gasteiger partial charge in [-0.1, -0.05) is 0 Å². The van der Waals surface area contributed by atoms with E-state index in [0.717, 1.165) is 0 Å². The van der Waals surface area contributed by atoms with Gasteiger partial charge in [-0.2, -0.15) is 26.3 Å². The number of rotatable bonds is 3. The van der Waals surface area contributed by atoms with Gasteiger partial charge >= 0.3 is 18.4 Å². The maximum Gasteiger partial charge on any atom is 0.416 e. The van der Waals surface area contributed by atoms with Crippen molar-refractivity contribution in [3.8, 4) is 0 Å². The second-order valence-electron chi connectivity index (χ2n) is 6.65. The van der Waals surface area contributed by atoms with E-state index in [1.54, 1.807) is 20.8 Å². The standard InChI is InChI=1S/C16H18F6N2O3/c1-8(23-13(26)27-14(2,3)4)12(25)24-11-6-9(15(17,18)19)5-10(7-11)16(20,21)22/h5-8H,1-4H3,(H,23,26)(H,24,25)/t8-/m1/s1. The van der Waals surface area contributed by atoms with E-state index in [-0.39, 0.29) is 6.07 Å². The number of alkyl carbamates (subject to hydrolysis) is 1. The molecule has 1 atom stereocenters. The molecule has 5 nitrogen and oxygen atoms in total. The molecule has 0 aromatic heterocycles. The predicted molar refractivity (Wildman–Crippen MR) is 83.9 cm³/mol. The number of ether oxygens (including phenoxy) is 1. The third-order valence-corrected chi connectivity index (χ3v) is 2.98. The Morgan fingerprint density at radius 2 is 1.37 bits per heavy atom. The van der Waals surface area contributed by atoms with Crippen LogP contribution in [0, 0.1) is 0 Å². The molecule has 1 aromatic rings. The molecule has 1 aromatic carbocycles. The van der Waals surface area contributed by atoms with Crippen LogP contribution in [-0.2, 0) is 21.9 Å². The molecule has 0 fully saturated rings. The van der Waals surface area contributed by atoms with E-state index in [1.807, 2.05) is 5.32 Å². The summed E-state index contributed by atoms with van der Waals surface area (Å²) >= 11 is 0. The minimum Gasteiger partial charge on any atom is -0.444 e. The quantitative estimate of drug-likeness (QED) is 0.730. The van der Waals surface area contributed by atoms with Gasteiger partial charge in [0.15, 0.2) is 0 Å². The van der Waals surface area contributed by atoms with E-state index in [2.05, 4.69) is 5.32 Å². The maximum absolute atomic E-state index is 12.8. The molecular formula is C16H18F6N2O3. The molecule has 27 heavy (non-hydrogen) atoms. The van der Waals surface area contributed by atoms with Crippen molar-refractivity contribution in [2.45, 2.75) is 51.7 Å². The number of carbonyl (C=O) groups excluding carboxylic acids is 2. The van der Waals surface area contributed by atoms with Gasteiger partial charge in [0.1, 0.15) is 11.6 Å². The molecule has 11 heteroatoms. The number of benzene rings is 1. The lowest BCUT2D eigenvalue weighted by Crippen LogP contribution is -2.44. The first-order valence-corrected chi connectivity index (χ1v) is 7.59. The maximum atomic E-state index is 12.8. The van der Waals surface area contributed by atoms with E-state index in [0.29, 0.717) is 12.1 Å². The molecule has 0 aliphatic carbocycles. The molecule has 0 radical (unpaired) electrons. The summed E-state index contributed by atoms with van der Waals surface area (Å²) in [7, 11) is 0. The SMILES string of the molecule is C[C@@H](NC(=O)OC(C)(C)C)C(=O)Nc1cc(C(F)(F)F)cc(C(F)(F)F)c1. The van der Waals surface area contributed by atoms with Crippen molar-refractivity contribution in [1.82, 2.24) is 5.32 Å². The molecule has 0 bridgehead atoms. The fourth-order valence-corrected chi connectivity index (χ4v) is 1.83. The topological polar surface area (TPSA) is 67.4 Å². The van der Waals surface area contributed by atoms with Crippen molar-refractivity contribution in [1.29, 1.82) is 0 Å². The van der Waals surface area contributed by atoms with Crippen LogP contribution in [0.5, 0.6) is 0 Å². The molecule has 152 valence electrons. The van der Waals surface area contributed by atoms with Crippen molar-refractivity contribution in [2.75, 3.05) is 5.32 Å². The molecule has 2 N–H and O–H groups in total. The normalized spacial score (nSPS) is 13.7. The van der Waals surface area contributed by atoms with Crippen LogP contribution in [-0.4, -0.2) is 23.6 Å². The highest BCUT2D eigenvalue weighted by Crippen LogP contribution is 2.37. The van der Waals surface area contributed by atoms with Crippen LogP contribution in [0.15, 0.2) is 18.2 Å². The van der Waals surface area contributed by atoms with Gasteiger partial charge in [-0.05, 0) is 45.9 Å². The summed E-state index contributed by atoms with van der Waals surface area (Å²) in [5.74, 6) is -1.02. The summed E-state index contributed by atoms with van der Waals surface area (Å²) in [5.41, 5.74) is -4.70.